The summed E-state index contributed by atoms with van der Waals surface area (Å²) in [5.74, 6) is 1.15. The lowest BCUT2D eigenvalue weighted by molar-refractivity contribution is -0.113. The zero-order valence-electron chi connectivity index (χ0n) is 18.4. The second kappa shape index (κ2) is 9.12. The molecular weight excluding hydrogens is 490 g/mol. The summed E-state index contributed by atoms with van der Waals surface area (Å²) in [4.78, 5) is 26.9. The molecule has 0 saturated carbocycles. The quantitative estimate of drug-likeness (QED) is 0.208. The molecule has 1 amide bonds. The van der Waals surface area contributed by atoms with Crippen LogP contribution in [-0.4, -0.2) is 11.7 Å². The molecule has 4 aromatic rings. The van der Waals surface area contributed by atoms with Crippen molar-refractivity contribution in [1.29, 1.82) is 0 Å². The minimum atomic E-state index is -0.156. The van der Waals surface area contributed by atoms with E-state index in [4.69, 9.17) is 4.42 Å². The van der Waals surface area contributed by atoms with Crippen LogP contribution in [0.25, 0.3) is 23.1 Å². The van der Waals surface area contributed by atoms with E-state index in [1.54, 1.807) is 35.2 Å². The zero-order valence-corrected chi connectivity index (χ0v) is 20.0. The van der Waals surface area contributed by atoms with Crippen LogP contribution in [0.15, 0.2) is 112 Å². The first-order valence-corrected chi connectivity index (χ1v) is 11.6. The van der Waals surface area contributed by atoms with Gasteiger partial charge in [0.1, 0.15) is 11.5 Å². The number of hydrogen-bond acceptors (Lipinski definition) is 3. The Morgan fingerprint density at radius 3 is 2.24 bits per heavy atom. The van der Waals surface area contributed by atoms with Gasteiger partial charge in [-0.3, -0.25) is 14.5 Å². The van der Waals surface area contributed by atoms with Crippen molar-refractivity contribution in [1.82, 2.24) is 0 Å². The van der Waals surface area contributed by atoms with Crippen LogP contribution in [-0.2, 0) is 4.79 Å². The van der Waals surface area contributed by atoms with Gasteiger partial charge < -0.3 is 4.42 Å². The number of carbonyl (C=O) groups excluding carboxylic acids is 2. The first-order valence-electron chi connectivity index (χ1n) is 10.8. The van der Waals surface area contributed by atoms with Gasteiger partial charge in [0.05, 0.1) is 5.70 Å². The Balaban J connectivity index is 1.52. The van der Waals surface area contributed by atoms with Crippen LogP contribution in [0.4, 0.5) is 5.69 Å². The van der Waals surface area contributed by atoms with E-state index < -0.39 is 0 Å². The fourth-order valence-corrected chi connectivity index (χ4v) is 4.16. The third-order valence-electron chi connectivity index (χ3n) is 5.64. The van der Waals surface area contributed by atoms with Gasteiger partial charge in [-0.25, -0.2) is 0 Å². The highest BCUT2D eigenvalue weighted by molar-refractivity contribution is 9.10. The van der Waals surface area contributed by atoms with Crippen LogP contribution < -0.4 is 4.90 Å². The van der Waals surface area contributed by atoms with Crippen molar-refractivity contribution in [3.05, 3.63) is 124 Å². The Bertz CT molecular complexity index is 1430. The molecule has 5 rings (SSSR count). The number of anilines is 1. The van der Waals surface area contributed by atoms with Crippen molar-refractivity contribution in [2.45, 2.75) is 6.92 Å². The Kier molecular flexibility index (Phi) is 5.86. The normalized spacial score (nSPS) is 14.5. The van der Waals surface area contributed by atoms with E-state index in [1.807, 2.05) is 72.8 Å². The Hall–Kier alpha value is -3.96. The monoisotopic (exact) mass is 509 g/mol. The maximum atomic E-state index is 13.5. The lowest BCUT2D eigenvalue weighted by Gasteiger charge is -2.21. The number of rotatable bonds is 5. The van der Waals surface area contributed by atoms with Gasteiger partial charge in [-0.15, -0.1) is 0 Å². The van der Waals surface area contributed by atoms with Crippen LogP contribution in [0.2, 0.25) is 0 Å². The number of carbonyl (C=O) groups is 2. The van der Waals surface area contributed by atoms with Gasteiger partial charge in [0, 0.05) is 26.9 Å². The summed E-state index contributed by atoms with van der Waals surface area (Å²) < 4.78 is 7.01. The van der Waals surface area contributed by atoms with Crippen molar-refractivity contribution in [3.8, 4) is 11.3 Å². The van der Waals surface area contributed by atoms with Crippen molar-refractivity contribution in [3.63, 3.8) is 0 Å². The van der Waals surface area contributed by atoms with E-state index in [1.165, 1.54) is 6.92 Å². The summed E-state index contributed by atoms with van der Waals surface area (Å²) in [5, 5.41) is 0. The molecule has 34 heavy (non-hydrogen) atoms. The minimum absolute atomic E-state index is 0.0156. The first-order chi connectivity index (χ1) is 16.5. The third-order valence-corrected chi connectivity index (χ3v) is 6.17. The summed E-state index contributed by atoms with van der Waals surface area (Å²) >= 11 is 3.44. The highest BCUT2D eigenvalue weighted by atomic mass is 79.9. The van der Waals surface area contributed by atoms with Crippen LogP contribution >= 0.6 is 15.9 Å². The first kappa shape index (κ1) is 21.9. The average molecular weight is 510 g/mol. The maximum absolute atomic E-state index is 13.5. The molecule has 0 fully saturated rings. The molecule has 1 aromatic heterocycles. The minimum Gasteiger partial charge on any atom is -0.457 e. The molecule has 5 heteroatoms. The number of amides is 1. The van der Waals surface area contributed by atoms with Gasteiger partial charge in [-0.05, 0) is 73.2 Å². The van der Waals surface area contributed by atoms with Gasteiger partial charge >= 0.3 is 0 Å². The van der Waals surface area contributed by atoms with Crippen molar-refractivity contribution >= 4 is 45.1 Å². The summed E-state index contributed by atoms with van der Waals surface area (Å²) in [6.07, 6.45) is 3.63. The molecule has 3 aromatic carbocycles. The van der Waals surface area contributed by atoms with E-state index >= 15 is 0 Å². The van der Waals surface area contributed by atoms with Gasteiger partial charge in [-0.1, -0.05) is 58.4 Å². The molecule has 0 atom stereocenters. The second-order valence-corrected chi connectivity index (χ2v) is 8.86. The second-order valence-electron chi connectivity index (χ2n) is 7.95. The van der Waals surface area contributed by atoms with Gasteiger partial charge in [0.15, 0.2) is 5.78 Å². The smallest absolute Gasteiger partial charge is 0.263 e. The zero-order chi connectivity index (χ0) is 23.7. The molecule has 4 nitrogen and oxygen atoms in total. The molecule has 0 saturated heterocycles. The summed E-state index contributed by atoms with van der Waals surface area (Å²) in [5.41, 5.74) is 4.47. The van der Waals surface area contributed by atoms with Crippen LogP contribution in [0, 0.1) is 0 Å². The lowest BCUT2D eigenvalue weighted by atomic mass is 10.1. The van der Waals surface area contributed by atoms with Crippen molar-refractivity contribution in [2.75, 3.05) is 4.90 Å². The largest absolute Gasteiger partial charge is 0.457 e. The summed E-state index contributed by atoms with van der Waals surface area (Å²) in [7, 11) is 0. The third kappa shape index (κ3) is 4.30. The topological polar surface area (TPSA) is 50.5 Å². The maximum Gasteiger partial charge on any atom is 0.263 e. The Morgan fingerprint density at radius 2 is 1.56 bits per heavy atom. The lowest BCUT2D eigenvalue weighted by Crippen LogP contribution is -2.25. The molecule has 2 heterocycles. The molecule has 0 N–H and O–H groups in total. The van der Waals surface area contributed by atoms with Gasteiger partial charge in [0.25, 0.3) is 5.91 Å². The molecular formula is C29H20BrNO3. The molecule has 0 unspecified atom stereocenters. The van der Waals surface area contributed by atoms with E-state index in [0.29, 0.717) is 22.6 Å². The standard InChI is InChI=1S/C29H20BrNO3/c1-19(32)20-9-13-25(14-10-20)31-27(21-5-3-2-4-6-21)18-23(29(31)33)17-26-15-16-28(34-26)22-7-11-24(30)12-8-22/h2-18H,1H3/b23-17+. The fourth-order valence-electron chi connectivity index (χ4n) is 3.89. The molecule has 1 aliphatic heterocycles. The Morgan fingerprint density at radius 1 is 0.853 bits per heavy atom. The van der Waals surface area contributed by atoms with E-state index in [0.717, 1.165) is 27.1 Å². The van der Waals surface area contributed by atoms with Crippen molar-refractivity contribution in [2.24, 2.45) is 0 Å². The number of ketones is 1. The molecule has 166 valence electrons. The molecule has 0 radical (unpaired) electrons. The number of Topliss-reactive ketones (excluding diaryl/α,β-unsaturated/α-hetero) is 1. The number of halogens is 1. The van der Waals surface area contributed by atoms with Crippen LogP contribution in [0.1, 0.15) is 28.6 Å². The van der Waals surface area contributed by atoms with E-state index in [2.05, 4.69) is 15.9 Å². The SMILES string of the molecule is CC(=O)c1ccc(N2C(=O)/C(=C/c3ccc(-c4ccc(Br)cc4)o3)C=C2c2ccccc2)cc1. The van der Waals surface area contributed by atoms with E-state index in [-0.39, 0.29) is 11.7 Å². The fraction of sp³-hybridized carbons (Fsp3) is 0.0345. The molecule has 0 bridgehead atoms. The summed E-state index contributed by atoms with van der Waals surface area (Å²) in [6, 6.07) is 28.5. The number of nitrogens with zero attached hydrogens (tertiary/aromatic N) is 1. The Labute approximate surface area is 206 Å². The van der Waals surface area contributed by atoms with E-state index in [9.17, 15) is 9.59 Å². The molecule has 1 aliphatic rings. The summed E-state index contributed by atoms with van der Waals surface area (Å²) in [6.45, 7) is 1.53. The number of benzene rings is 3. The molecule has 0 aliphatic carbocycles. The van der Waals surface area contributed by atoms with Crippen LogP contribution in [0.5, 0.6) is 0 Å². The van der Waals surface area contributed by atoms with Crippen molar-refractivity contribution < 1.29 is 14.0 Å². The predicted molar refractivity (Wildman–Crippen MR) is 138 cm³/mol. The van der Waals surface area contributed by atoms with Gasteiger partial charge in [-0.2, -0.15) is 0 Å². The highest BCUT2D eigenvalue weighted by Crippen LogP contribution is 2.36. The van der Waals surface area contributed by atoms with Gasteiger partial charge in [0.2, 0.25) is 0 Å². The highest BCUT2D eigenvalue weighted by Gasteiger charge is 2.30. The molecule has 0 spiro atoms. The van der Waals surface area contributed by atoms with Crippen LogP contribution in [0.3, 0.4) is 0 Å². The number of furan rings is 1. The number of hydrogen-bond donors (Lipinski definition) is 0. The predicted octanol–water partition coefficient (Wildman–Crippen LogP) is 7.38. The average Bonchev–Trinajstić information content (AvgIpc) is 3.45.